The lowest BCUT2D eigenvalue weighted by Crippen LogP contribution is -2.39. The van der Waals surface area contributed by atoms with Gasteiger partial charge in [-0.15, -0.1) is 0 Å². The van der Waals surface area contributed by atoms with Gasteiger partial charge in [0.2, 0.25) is 5.78 Å². The Balaban J connectivity index is 1.24. The van der Waals surface area contributed by atoms with Gasteiger partial charge >= 0.3 is 12.1 Å². The molecule has 2 aromatic heterocycles. The van der Waals surface area contributed by atoms with Crippen LogP contribution in [0.2, 0.25) is 0 Å². The van der Waals surface area contributed by atoms with E-state index in [1.807, 2.05) is 36.4 Å². The number of nitrogens with one attached hydrogen (secondary N) is 1. The highest BCUT2D eigenvalue weighted by molar-refractivity contribution is 5.95. The lowest BCUT2D eigenvalue weighted by atomic mass is 9.98. The summed E-state index contributed by atoms with van der Waals surface area (Å²) in [6.07, 6.45) is 1.27. The number of benzene rings is 2. The summed E-state index contributed by atoms with van der Waals surface area (Å²) in [5, 5.41) is 9.06. The number of carboxylic acid groups (broad SMARTS) is 1. The number of carbonyl (C=O) groups excluding carboxylic acids is 2. The molecule has 0 spiro atoms. The monoisotopic (exact) mass is 585 g/mol. The number of hydrogen-bond acceptors (Lipinski definition) is 8. The van der Waals surface area contributed by atoms with E-state index in [4.69, 9.17) is 14.6 Å². The smallest absolute Gasteiger partial charge is 0.410 e. The summed E-state index contributed by atoms with van der Waals surface area (Å²) >= 11 is 0. The highest BCUT2D eigenvalue weighted by Gasteiger charge is 2.39. The summed E-state index contributed by atoms with van der Waals surface area (Å²) in [7, 11) is 0. The quantitative estimate of drug-likeness (QED) is 0.280. The molecular weight excluding hydrogens is 554 g/mol. The van der Waals surface area contributed by atoms with Crippen molar-refractivity contribution in [1.29, 1.82) is 0 Å². The molecule has 12 nitrogen and oxygen atoms in total. The predicted molar refractivity (Wildman–Crippen MR) is 155 cm³/mol. The summed E-state index contributed by atoms with van der Waals surface area (Å²) in [6, 6.07) is 15.2. The van der Waals surface area contributed by atoms with Gasteiger partial charge in [-0.05, 0) is 28.7 Å². The van der Waals surface area contributed by atoms with E-state index in [0.29, 0.717) is 6.42 Å². The van der Waals surface area contributed by atoms with Gasteiger partial charge in [0.1, 0.15) is 13.2 Å². The molecule has 1 aliphatic heterocycles. The van der Waals surface area contributed by atoms with Crippen LogP contribution in [0, 0.1) is 5.92 Å². The lowest BCUT2D eigenvalue weighted by molar-refractivity contribution is -0.142. The predicted octanol–water partition coefficient (Wildman–Crippen LogP) is 3.62. The van der Waals surface area contributed by atoms with Crippen LogP contribution in [0.4, 0.5) is 4.79 Å². The van der Waals surface area contributed by atoms with Crippen LogP contribution in [0.1, 0.15) is 54.0 Å². The van der Waals surface area contributed by atoms with Crippen LogP contribution < -0.4 is 5.56 Å². The number of nitrogens with zero attached hydrogens (tertiary/aromatic N) is 4. The molecule has 2 N–H and O–H groups in total. The number of ether oxygens (including phenoxy) is 2. The third-order valence-corrected chi connectivity index (χ3v) is 8.09. The van der Waals surface area contributed by atoms with Crippen LogP contribution in [-0.4, -0.2) is 79.8 Å². The van der Waals surface area contributed by atoms with E-state index in [9.17, 15) is 19.2 Å². The second-order valence-corrected chi connectivity index (χ2v) is 11.2. The maximum absolute atomic E-state index is 13.6. The molecule has 222 valence electrons. The van der Waals surface area contributed by atoms with Gasteiger partial charge in [-0.2, -0.15) is 0 Å². The Hall–Kier alpha value is -4.84. The van der Waals surface area contributed by atoms with Crippen molar-refractivity contribution in [2.75, 3.05) is 26.4 Å². The zero-order chi connectivity index (χ0) is 30.2. The fourth-order valence-electron chi connectivity index (χ4n) is 6.05. The van der Waals surface area contributed by atoms with Crippen LogP contribution in [0.15, 0.2) is 59.7 Å². The number of ketones is 1. The number of Topliss-reactive ketones (excluding diaryl/α,β-unsaturated/α-hetero) is 1. The number of fused-ring (bicyclic) bond motifs is 4. The van der Waals surface area contributed by atoms with Crippen molar-refractivity contribution in [3.8, 4) is 11.1 Å². The van der Waals surface area contributed by atoms with Crippen LogP contribution >= 0.6 is 0 Å². The highest BCUT2D eigenvalue weighted by atomic mass is 16.6. The summed E-state index contributed by atoms with van der Waals surface area (Å²) in [6.45, 7) is 3.20. The Kier molecular flexibility index (Phi) is 7.53. The Morgan fingerprint density at radius 3 is 2.37 bits per heavy atom. The summed E-state index contributed by atoms with van der Waals surface area (Å²) in [4.78, 5) is 62.7. The molecule has 0 radical (unpaired) electrons. The maximum atomic E-state index is 13.6. The number of aromatic amines is 1. The molecule has 2 aromatic carbocycles. The highest BCUT2D eigenvalue weighted by Crippen LogP contribution is 2.44. The zero-order valence-electron chi connectivity index (χ0n) is 23.7. The van der Waals surface area contributed by atoms with Crippen molar-refractivity contribution >= 4 is 29.0 Å². The van der Waals surface area contributed by atoms with Crippen molar-refractivity contribution in [3.05, 3.63) is 82.2 Å². The fourth-order valence-corrected chi connectivity index (χ4v) is 6.05. The topological polar surface area (TPSA) is 157 Å². The zero-order valence-corrected chi connectivity index (χ0v) is 23.7. The normalized spacial score (nSPS) is 17.8. The number of imidazole rings is 1. The first-order chi connectivity index (χ1) is 20.7. The van der Waals surface area contributed by atoms with Gasteiger partial charge in [-0.25, -0.2) is 19.6 Å². The summed E-state index contributed by atoms with van der Waals surface area (Å²) < 4.78 is 12.9. The van der Waals surface area contributed by atoms with E-state index in [0.717, 1.165) is 22.3 Å². The Morgan fingerprint density at radius 2 is 1.72 bits per heavy atom. The molecule has 1 aliphatic carbocycles. The first-order valence-corrected chi connectivity index (χ1v) is 14.1. The number of carbonyl (C=O) groups is 3. The molecule has 2 aliphatic rings. The average Bonchev–Trinajstić information content (AvgIpc) is 3.69. The largest absolute Gasteiger partial charge is 0.480 e. The molecule has 1 saturated heterocycles. The molecule has 12 heteroatoms. The van der Waals surface area contributed by atoms with Crippen molar-refractivity contribution in [3.63, 3.8) is 0 Å². The average molecular weight is 586 g/mol. The molecule has 0 saturated carbocycles. The van der Waals surface area contributed by atoms with E-state index in [2.05, 4.69) is 27.1 Å². The molecule has 4 aromatic rings. The number of hydrogen-bond donors (Lipinski definition) is 2. The summed E-state index contributed by atoms with van der Waals surface area (Å²) in [5.41, 5.74) is 4.21. The van der Waals surface area contributed by atoms with E-state index in [-0.39, 0.29) is 54.4 Å². The minimum absolute atomic E-state index is 0.0265. The minimum atomic E-state index is -1.12. The van der Waals surface area contributed by atoms with Crippen molar-refractivity contribution in [1.82, 2.24) is 24.4 Å². The first-order valence-electron chi connectivity index (χ1n) is 14.1. The number of rotatable bonds is 9. The molecule has 1 amide bonds. The summed E-state index contributed by atoms with van der Waals surface area (Å²) in [5.74, 6) is -1.95. The molecule has 43 heavy (non-hydrogen) atoms. The van der Waals surface area contributed by atoms with E-state index >= 15 is 0 Å². The van der Waals surface area contributed by atoms with Crippen molar-refractivity contribution in [2.45, 2.75) is 38.3 Å². The first kappa shape index (κ1) is 28.3. The van der Waals surface area contributed by atoms with E-state index in [1.165, 1.54) is 11.2 Å². The van der Waals surface area contributed by atoms with Crippen molar-refractivity contribution < 1.29 is 29.0 Å². The molecule has 2 atom stereocenters. The van der Waals surface area contributed by atoms with Gasteiger partial charge in [0.25, 0.3) is 5.56 Å². The molecule has 0 bridgehead atoms. The number of aromatic nitrogens is 4. The van der Waals surface area contributed by atoms with Gasteiger partial charge in [0, 0.05) is 18.4 Å². The number of H-pyrrole nitrogens is 1. The van der Waals surface area contributed by atoms with Crippen molar-refractivity contribution in [2.24, 2.45) is 5.92 Å². The van der Waals surface area contributed by atoms with E-state index < -0.39 is 36.3 Å². The number of amides is 1. The third kappa shape index (κ3) is 5.29. The van der Waals surface area contributed by atoms with Crippen LogP contribution in [0.5, 0.6) is 0 Å². The second kappa shape index (κ2) is 11.4. The standard InChI is InChI=1S/C31H31N5O7/c1-17(2)27(39)29-33-28-26(30(40)34-29)36(16-32-28)18-11-19(13-42-15-25(37)38)35(12-18)31(41)43-14-24-22-9-5-3-7-20(22)21-8-4-6-10-23(21)24/h3-10,16-19,24H,11-15H2,1-2H3,(H,37,38)(H,33,34,40)/t18-,19+/m1/s1. The number of carboxylic acids is 1. The minimum Gasteiger partial charge on any atom is -0.480 e. The van der Waals surface area contributed by atoms with E-state index in [1.54, 1.807) is 18.4 Å². The number of likely N-dealkylation sites (tertiary alicyclic amines) is 1. The number of aliphatic carboxylic acids is 1. The SMILES string of the molecule is CC(C)C(=O)c1nc2ncn([C@@H]3C[C@@H](COCC(=O)O)N(C(=O)OCC4c5ccccc5-c5ccccc54)C3)c2c(=O)[nH]1. The van der Waals surface area contributed by atoms with Gasteiger partial charge < -0.3 is 29.0 Å². The molecular formula is C31H31N5O7. The van der Waals surface area contributed by atoms with Crippen LogP contribution in [0.25, 0.3) is 22.3 Å². The Bertz CT molecular complexity index is 1730. The Labute approximate surface area is 246 Å². The maximum Gasteiger partial charge on any atom is 0.410 e. The Morgan fingerprint density at radius 1 is 1.05 bits per heavy atom. The van der Waals surface area contributed by atoms with Gasteiger partial charge in [-0.3, -0.25) is 9.59 Å². The molecule has 1 fully saturated rings. The lowest BCUT2D eigenvalue weighted by Gasteiger charge is -2.24. The van der Waals surface area contributed by atoms with Gasteiger partial charge in [-0.1, -0.05) is 62.4 Å². The van der Waals surface area contributed by atoms with Gasteiger partial charge in [0.05, 0.1) is 25.0 Å². The molecule has 3 heterocycles. The molecule has 0 unspecified atom stereocenters. The van der Waals surface area contributed by atoms with Crippen LogP contribution in [-0.2, 0) is 14.3 Å². The third-order valence-electron chi connectivity index (χ3n) is 8.09. The fraction of sp³-hybridized carbons (Fsp3) is 0.355. The van der Waals surface area contributed by atoms with Crippen LogP contribution in [0.3, 0.4) is 0 Å². The molecule has 6 rings (SSSR count). The van der Waals surface area contributed by atoms with Gasteiger partial charge in [0.15, 0.2) is 17.0 Å². The second-order valence-electron chi connectivity index (χ2n) is 11.2.